The quantitative estimate of drug-likeness (QED) is 0.579. The van der Waals surface area contributed by atoms with Gasteiger partial charge in [0.05, 0.1) is 23.1 Å². The number of hydrogen-bond acceptors (Lipinski definition) is 5. The van der Waals surface area contributed by atoms with Gasteiger partial charge in [-0.15, -0.1) is 0 Å². The van der Waals surface area contributed by atoms with Crippen LogP contribution in [0.2, 0.25) is 0 Å². The fourth-order valence-corrected chi connectivity index (χ4v) is 2.96. The number of fused-ring (bicyclic) bond motifs is 1. The van der Waals surface area contributed by atoms with Crippen LogP contribution >= 0.6 is 11.8 Å². The van der Waals surface area contributed by atoms with Crippen LogP contribution in [0.3, 0.4) is 0 Å². The molecule has 0 aliphatic rings. The Hall–Kier alpha value is -1.92. The minimum atomic E-state index is 0.226. The summed E-state index contributed by atoms with van der Waals surface area (Å²) in [6, 6.07) is 8.38. The maximum absolute atomic E-state index is 4.72. The molecule has 0 fully saturated rings. The van der Waals surface area contributed by atoms with E-state index in [1.165, 1.54) is 0 Å². The number of hydrogen-bond donors (Lipinski definition) is 1. The first-order chi connectivity index (χ1) is 10.7. The van der Waals surface area contributed by atoms with E-state index >= 15 is 0 Å². The minimum Gasteiger partial charge on any atom is -0.309 e. The molecule has 3 aromatic heterocycles. The van der Waals surface area contributed by atoms with Crippen LogP contribution in [-0.4, -0.2) is 32.4 Å². The summed E-state index contributed by atoms with van der Waals surface area (Å²) in [7, 11) is 0. The molecule has 5 nitrogen and oxygen atoms in total. The molecule has 3 heterocycles. The van der Waals surface area contributed by atoms with Gasteiger partial charge in [0.1, 0.15) is 0 Å². The summed E-state index contributed by atoms with van der Waals surface area (Å²) in [5, 5.41) is 8.58. The molecule has 3 rings (SSSR count). The van der Waals surface area contributed by atoms with E-state index in [-0.39, 0.29) is 6.04 Å². The van der Waals surface area contributed by atoms with Crippen molar-refractivity contribution in [2.24, 2.45) is 0 Å². The lowest BCUT2D eigenvalue weighted by Gasteiger charge is -2.13. The molecular weight excluding hydrogens is 294 g/mol. The van der Waals surface area contributed by atoms with Gasteiger partial charge in [-0.2, -0.15) is 5.10 Å². The molecule has 0 saturated heterocycles. The number of nitrogens with zero attached hydrogens (tertiary/aromatic N) is 4. The predicted molar refractivity (Wildman–Crippen MR) is 90.1 cm³/mol. The van der Waals surface area contributed by atoms with Crippen molar-refractivity contribution < 1.29 is 0 Å². The van der Waals surface area contributed by atoms with Gasteiger partial charge in [0.25, 0.3) is 0 Å². The van der Waals surface area contributed by atoms with Crippen molar-refractivity contribution in [1.82, 2.24) is 24.9 Å². The summed E-state index contributed by atoms with van der Waals surface area (Å²) >= 11 is 1.59. The Morgan fingerprint density at radius 1 is 1.27 bits per heavy atom. The third-order valence-electron chi connectivity index (χ3n) is 3.57. The molecule has 0 saturated carbocycles. The van der Waals surface area contributed by atoms with Crippen molar-refractivity contribution in [2.45, 2.75) is 25.0 Å². The average molecular weight is 313 g/mol. The van der Waals surface area contributed by atoms with Crippen molar-refractivity contribution in [2.75, 3.05) is 12.8 Å². The zero-order valence-electron chi connectivity index (χ0n) is 12.9. The molecule has 0 aliphatic carbocycles. The molecule has 0 amide bonds. The van der Waals surface area contributed by atoms with E-state index in [1.54, 1.807) is 18.0 Å². The topological polar surface area (TPSA) is 55.1 Å². The lowest BCUT2D eigenvalue weighted by molar-refractivity contribution is 0.583. The first kappa shape index (κ1) is 15.0. The van der Waals surface area contributed by atoms with E-state index in [0.29, 0.717) is 0 Å². The minimum absolute atomic E-state index is 0.226. The second-order valence-electron chi connectivity index (χ2n) is 5.04. The largest absolute Gasteiger partial charge is 0.309 e. The predicted octanol–water partition coefficient (Wildman–Crippen LogP) is 3.18. The van der Waals surface area contributed by atoms with E-state index in [9.17, 15) is 0 Å². The van der Waals surface area contributed by atoms with Gasteiger partial charge < -0.3 is 5.32 Å². The molecule has 1 N–H and O–H groups in total. The molecule has 114 valence electrons. The summed E-state index contributed by atoms with van der Waals surface area (Å²) in [5.74, 6) is 0. The summed E-state index contributed by atoms with van der Waals surface area (Å²) < 4.78 is 1.86. The Morgan fingerprint density at radius 2 is 2.14 bits per heavy atom. The molecule has 0 bridgehead atoms. The molecule has 0 radical (unpaired) electrons. The molecule has 3 aromatic rings. The summed E-state index contributed by atoms with van der Waals surface area (Å²) in [4.78, 5) is 9.19. The zero-order chi connectivity index (χ0) is 15.5. The van der Waals surface area contributed by atoms with Gasteiger partial charge in [-0.05, 0) is 44.0 Å². The standard InChI is InChI=1S/C16H19N5S/c1-4-17-11(2)14-9-12(5-7-18-14)15-10-13-6-8-19-21(13)16(20-15)22-3/h5-11,17H,4H2,1-3H3/t11-/m1/s1. The van der Waals surface area contributed by atoms with Crippen molar-refractivity contribution >= 4 is 17.3 Å². The molecule has 6 heteroatoms. The van der Waals surface area contributed by atoms with Crippen LogP contribution < -0.4 is 5.32 Å². The fourth-order valence-electron chi connectivity index (χ4n) is 2.44. The third-order valence-corrected chi connectivity index (χ3v) is 4.20. The normalized spacial score (nSPS) is 12.7. The van der Waals surface area contributed by atoms with Crippen LogP contribution in [0.5, 0.6) is 0 Å². The van der Waals surface area contributed by atoms with Crippen LogP contribution in [0, 0.1) is 0 Å². The molecule has 22 heavy (non-hydrogen) atoms. The monoisotopic (exact) mass is 313 g/mol. The van der Waals surface area contributed by atoms with Crippen LogP contribution in [0.15, 0.2) is 41.8 Å². The maximum Gasteiger partial charge on any atom is 0.189 e. The van der Waals surface area contributed by atoms with Crippen LogP contribution in [0.1, 0.15) is 25.6 Å². The third kappa shape index (κ3) is 2.84. The van der Waals surface area contributed by atoms with E-state index in [4.69, 9.17) is 4.98 Å². The van der Waals surface area contributed by atoms with Crippen molar-refractivity contribution in [3.8, 4) is 11.3 Å². The lowest BCUT2D eigenvalue weighted by Crippen LogP contribution is -2.18. The van der Waals surface area contributed by atoms with Gasteiger partial charge in [-0.3, -0.25) is 4.98 Å². The van der Waals surface area contributed by atoms with Crippen molar-refractivity contribution in [1.29, 1.82) is 0 Å². The van der Waals surface area contributed by atoms with Crippen molar-refractivity contribution in [3.63, 3.8) is 0 Å². The molecule has 0 aromatic carbocycles. The molecule has 1 atom stereocenters. The molecule has 0 aliphatic heterocycles. The highest BCUT2D eigenvalue weighted by atomic mass is 32.2. The van der Waals surface area contributed by atoms with Gasteiger partial charge in [0.15, 0.2) is 5.16 Å². The zero-order valence-corrected chi connectivity index (χ0v) is 13.8. The first-order valence-electron chi connectivity index (χ1n) is 7.31. The van der Waals surface area contributed by atoms with Gasteiger partial charge >= 0.3 is 0 Å². The van der Waals surface area contributed by atoms with Crippen molar-refractivity contribution in [3.05, 3.63) is 42.4 Å². The summed E-state index contributed by atoms with van der Waals surface area (Å²) in [6.45, 7) is 5.14. The highest BCUT2D eigenvalue weighted by Gasteiger charge is 2.10. The van der Waals surface area contributed by atoms with Gasteiger partial charge in [0.2, 0.25) is 0 Å². The summed E-state index contributed by atoms with van der Waals surface area (Å²) in [5.41, 5.74) is 4.10. The molecular formula is C16H19N5S. The van der Waals surface area contributed by atoms with E-state index in [1.807, 2.05) is 29.1 Å². The second-order valence-corrected chi connectivity index (χ2v) is 5.82. The Labute approximate surface area is 134 Å². The second kappa shape index (κ2) is 6.46. The number of thioether (sulfide) groups is 1. The average Bonchev–Trinajstić information content (AvgIpc) is 3.02. The molecule has 0 unspecified atom stereocenters. The number of aromatic nitrogens is 4. The van der Waals surface area contributed by atoms with Gasteiger partial charge in [-0.25, -0.2) is 9.50 Å². The SMILES string of the molecule is CCN[C@H](C)c1cc(-c2cc3ccnn3c(SC)n2)ccn1. The maximum atomic E-state index is 4.72. The van der Waals surface area contributed by atoms with E-state index < -0.39 is 0 Å². The van der Waals surface area contributed by atoms with Gasteiger partial charge in [0, 0.05) is 17.8 Å². The van der Waals surface area contributed by atoms with E-state index in [2.05, 4.69) is 41.4 Å². The number of nitrogens with one attached hydrogen (secondary N) is 1. The van der Waals surface area contributed by atoms with Crippen LogP contribution in [0.25, 0.3) is 16.8 Å². The number of rotatable bonds is 5. The Kier molecular flexibility index (Phi) is 4.40. The highest BCUT2D eigenvalue weighted by molar-refractivity contribution is 7.98. The van der Waals surface area contributed by atoms with E-state index in [0.717, 1.165) is 34.2 Å². The van der Waals surface area contributed by atoms with Gasteiger partial charge in [-0.1, -0.05) is 18.7 Å². The Bertz CT molecular complexity index is 783. The fraction of sp³-hybridized carbons (Fsp3) is 0.312. The highest BCUT2D eigenvalue weighted by Crippen LogP contribution is 2.24. The van der Waals surface area contributed by atoms with Crippen LogP contribution in [-0.2, 0) is 0 Å². The lowest BCUT2D eigenvalue weighted by atomic mass is 10.1. The summed E-state index contributed by atoms with van der Waals surface area (Å²) in [6.07, 6.45) is 5.66. The smallest absolute Gasteiger partial charge is 0.189 e. The number of pyridine rings is 1. The Balaban J connectivity index is 2.05. The van der Waals surface area contributed by atoms with Crippen LogP contribution in [0.4, 0.5) is 0 Å². The first-order valence-corrected chi connectivity index (χ1v) is 8.54. The Morgan fingerprint density at radius 3 is 2.91 bits per heavy atom. The molecule has 0 spiro atoms.